The normalized spacial score (nSPS) is 21.3. The Hall–Kier alpha value is -2.07. The summed E-state index contributed by atoms with van der Waals surface area (Å²) in [5, 5.41) is 11.0. The minimum atomic E-state index is -0.257. The van der Waals surface area contributed by atoms with Crippen LogP contribution in [0.1, 0.15) is 24.8 Å². The summed E-state index contributed by atoms with van der Waals surface area (Å²) in [6.07, 6.45) is 8.21. The lowest BCUT2D eigenvalue weighted by molar-refractivity contribution is -0.125. The van der Waals surface area contributed by atoms with Crippen molar-refractivity contribution >= 4 is 22.9 Å². The van der Waals surface area contributed by atoms with Gasteiger partial charge in [0.2, 0.25) is 5.91 Å². The Balaban J connectivity index is 1.70. The molecule has 1 N–H and O–H groups in total. The summed E-state index contributed by atoms with van der Waals surface area (Å²) in [7, 11) is 3.82. The first-order chi connectivity index (χ1) is 11.1. The number of aromatic nitrogens is 1. The first-order valence-corrected chi connectivity index (χ1v) is 8.21. The number of amides is 1. The number of likely N-dealkylation sites (N-methyl/N-ethyl adjacent to an activating group) is 1. The zero-order valence-corrected chi connectivity index (χ0v) is 13.8. The average Bonchev–Trinajstić information content (AvgIpc) is 3.09. The number of carbonyl (C=O) groups is 1. The van der Waals surface area contributed by atoms with Gasteiger partial charge < -0.3 is 14.6 Å². The third-order valence-electron chi connectivity index (χ3n) is 4.84. The van der Waals surface area contributed by atoms with Crippen LogP contribution >= 0.6 is 0 Å². The summed E-state index contributed by atoms with van der Waals surface area (Å²) in [6.45, 7) is 0.625. The molecular weight excluding hydrogens is 288 g/mol. The maximum atomic E-state index is 12.3. The fraction of sp³-hybridized carbons (Fsp3) is 0.421. The first-order valence-electron chi connectivity index (χ1n) is 8.21. The third kappa shape index (κ3) is 3.32. The molecule has 3 rings (SSSR count). The lowest BCUT2D eigenvalue weighted by Crippen LogP contribution is -2.33. The molecule has 0 radical (unpaired) electrons. The van der Waals surface area contributed by atoms with Crippen molar-refractivity contribution in [3.05, 3.63) is 42.1 Å². The number of carbonyl (C=O) groups excluding carboxylic acids is 1. The zero-order chi connectivity index (χ0) is 16.4. The van der Waals surface area contributed by atoms with Crippen LogP contribution in [-0.4, -0.2) is 40.2 Å². The monoisotopic (exact) mass is 312 g/mol. The number of rotatable bonds is 4. The van der Waals surface area contributed by atoms with Crippen LogP contribution in [0.3, 0.4) is 0 Å². The van der Waals surface area contributed by atoms with Crippen LogP contribution in [-0.2, 0) is 11.8 Å². The molecule has 1 saturated carbocycles. The first kappa shape index (κ1) is 15.8. The van der Waals surface area contributed by atoms with Gasteiger partial charge in [-0.2, -0.15) is 0 Å². The molecular formula is C19H24N2O2. The number of fused-ring (bicyclic) bond motifs is 1. The van der Waals surface area contributed by atoms with Gasteiger partial charge >= 0.3 is 0 Å². The molecule has 1 fully saturated rings. The van der Waals surface area contributed by atoms with Gasteiger partial charge in [0.1, 0.15) is 0 Å². The van der Waals surface area contributed by atoms with Gasteiger partial charge in [0.15, 0.2) is 0 Å². The second-order valence-electron chi connectivity index (χ2n) is 6.52. The second kappa shape index (κ2) is 6.59. The molecule has 1 aromatic heterocycles. The van der Waals surface area contributed by atoms with Gasteiger partial charge in [0, 0.05) is 55.3 Å². The van der Waals surface area contributed by atoms with Crippen LogP contribution in [0.5, 0.6) is 0 Å². The van der Waals surface area contributed by atoms with E-state index in [-0.39, 0.29) is 17.9 Å². The zero-order valence-electron chi connectivity index (χ0n) is 13.8. The van der Waals surface area contributed by atoms with E-state index in [1.807, 2.05) is 31.5 Å². The lowest BCUT2D eigenvalue weighted by Gasteiger charge is -2.22. The van der Waals surface area contributed by atoms with Crippen molar-refractivity contribution in [2.24, 2.45) is 13.0 Å². The quantitative estimate of drug-likeness (QED) is 0.882. The van der Waals surface area contributed by atoms with E-state index >= 15 is 0 Å². The second-order valence-corrected chi connectivity index (χ2v) is 6.52. The molecule has 1 aromatic carbocycles. The van der Waals surface area contributed by atoms with E-state index in [0.717, 1.165) is 35.7 Å². The highest BCUT2D eigenvalue weighted by Gasteiger charge is 2.26. The van der Waals surface area contributed by atoms with Gasteiger partial charge in [0.05, 0.1) is 6.10 Å². The highest BCUT2D eigenvalue weighted by molar-refractivity contribution is 5.96. The van der Waals surface area contributed by atoms with Crippen molar-refractivity contribution in [3.8, 4) is 0 Å². The van der Waals surface area contributed by atoms with Crippen LogP contribution < -0.4 is 0 Å². The molecule has 1 heterocycles. The molecule has 23 heavy (non-hydrogen) atoms. The van der Waals surface area contributed by atoms with E-state index < -0.39 is 0 Å². The van der Waals surface area contributed by atoms with Crippen LogP contribution in [0.15, 0.2) is 36.5 Å². The minimum absolute atomic E-state index is 0.0166. The van der Waals surface area contributed by atoms with Crippen molar-refractivity contribution in [2.75, 3.05) is 13.6 Å². The number of benzene rings is 1. The summed E-state index contributed by atoms with van der Waals surface area (Å²) >= 11 is 0. The van der Waals surface area contributed by atoms with Crippen LogP contribution in [0, 0.1) is 5.92 Å². The smallest absolute Gasteiger partial charge is 0.246 e. The molecule has 4 nitrogen and oxygen atoms in total. The predicted octanol–water partition coefficient (Wildman–Crippen LogP) is 2.81. The molecule has 2 atom stereocenters. The van der Waals surface area contributed by atoms with E-state index in [4.69, 9.17) is 0 Å². The number of hydrogen-bond donors (Lipinski definition) is 1. The average molecular weight is 312 g/mol. The number of aliphatic hydroxyl groups is 1. The predicted molar refractivity (Wildman–Crippen MR) is 92.9 cm³/mol. The summed E-state index contributed by atoms with van der Waals surface area (Å²) < 4.78 is 2.07. The Morgan fingerprint density at radius 1 is 1.39 bits per heavy atom. The Morgan fingerprint density at radius 2 is 2.17 bits per heavy atom. The number of para-hydroxylation sites is 1. The number of aliphatic hydroxyl groups excluding tert-OH is 1. The van der Waals surface area contributed by atoms with Crippen LogP contribution in [0.2, 0.25) is 0 Å². The van der Waals surface area contributed by atoms with Crippen LogP contribution in [0.25, 0.3) is 17.0 Å². The fourth-order valence-electron chi connectivity index (χ4n) is 3.47. The van der Waals surface area contributed by atoms with E-state index in [2.05, 4.69) is 16.7 Å². The number of nitrogens with zero attached hydrogens (tertiary/aromatic N) is 2. The Morgan fingerprint density at radius 3 is 2.91 bits per heavy atom. The Kier molecular flexibility index (Phi) is 4.53. The molecule has 0 spiro atoms. The van der Waals surface area contributed by atoms with Crippen molar-refractivity contribution in [1.82, 2.24) is 9.47 Å². The molecule has 1 aliphatic carbocycles. The Labute approximate surface area is 137 Å². The summed E-state index contributed by atoms with van der Waals surface area (Å²) in [5.41, 5.74) is 2.20. The molecule has 2 aromatic rings. The lowest BCUT2D eigenvalue weighted by atomic mass is 10.1. The summed E-state index contributed by atoms with van der Waals surface area (Å²) in [6, 6.07) is 8.16. The van der Waals surface area contributed by atoms with E-state index in [0.29, 0.717) is 6.54 Å². The number of aryl methyl sites for hydroxylation is 1. The van der Waals surface area contributed by atoms with Gasteiger partial charge in [-0.1, -0.05) is 24.6 Å². The molecule has 1 amide bonds. The standard InChI is InChI=1S/C19H24N2O2/c1-20-12-14(16-7-3-4-8-17(16)20)10-11-19(23)21(2)13-15-6-5-9-18(15)22/h3-4,7-8,10-12,15,18,22H,5-6,9,13H2,1-2H3/b11-10+. The molecule has 0 bridgehead atoms. The third-order valence-corrected chi connectivity index (χ3v) is 4.84. The van der Waals surface area contributed by atoms with E-state index in [9.17, 15) is 9.90 Å². The van der Waals surface area contributed by atoms with Crippen molar-refractivity contribution < 1.29 is 9.90 Å². The maximum absolute atomic E-state index is 12.3. The van der Waals surface area contributed by atoms with Crippen molar-refractivity contribution in [2.45, 2.75) is 25.4 Å². The number of hydrogen-bond acceptors (Lipinski definition) is 2. The van der Waals surface area contributed by atoms with Crippen molar-refractivity contribution in [1.29, 1.82) is 0 Å². The molecule has 2 unspecified atom stereocenters. The Bertz CT molecular complexity index is 732. The van der Waals surface area contributed by atoms with Gasteiger partial charge in [-0.3, -0.25) is 4.79 Å². The van der Waals surface area contributed by atoms with E-state index in [1.54, 1.807) is 18.0 Å². The van der Waals surface area contributed by atoms with Gasteiger partial charge in [-0.05, 0) is 25.0 Å². The largest absolute Gasteiger partial charge is 0.393 e. The van der Waals surface area contributed by atoms with Crippen molar-refractivity contribution in [3.63, 3.8) is 0 Å². The highest BCUT2D eigenvalue weighted by atomic mass is 16.3. The molecule has 4 heteroatoms. The van der Waals surface area contributed by atoms with Gasteiger partial charge in [-0.15, -0.1) is 0 Å². The molecule has 1 aliphatic rings. The molecule has 0 saturated heterocycles. The SMILES string of the molecule is CN(CC1CCCC1O)C(=O)/C=C/c1cn(C)c2ccccc12. The summed E-state index contributed by atoms with van der Waals surface area (Å²) in [4.78, 5) is 14.0. The summed E-state index contributed by atoms with van der Waals surface area (Å²) in [5.74, 6) is 0.201. The fourth-order valence-corrected chi connectivity index (χ4v) is 3.47. The van der Waals surface area contributed by atoms with Gasteiger partial charge in [-0.25, -0.2) is 0 Å². The van der Waals surface area contributed by atoms with Crippen LogP contribution in [0.4, 0.5) is 0 Å². The molecule has 0 aliphatic heterocycles. The highest BCUT2D eigenvalue weighted by Crippen LogP contribution is 2.26. The van der Waals surface area contributed by atoms with Gasteiger partial charge in [0.25, 0.3) is 0 Å². The molecule has 122 valence electrons. The maximum Gasteiger partial charge on any atom is 0.246 e. The van der Waals surface area contributed by atoms with E-state index in [1.165, 1.54) is 0 Å². The topological polar surface area (TPSA) is 45.5 Å². The minimum Gasteiger partial charge on any atom is -0.393 e.